The Morgan fingerprint density at radius 1 is 1.00 bits per heavy atom. The van der Waals surface area contributed by atoms with Gasteiger partial charge in [-0.2, -0.15) is 0 Å². The van der Waals surface area contributed by atoms with E-state index in [1.165, 1.54) is 14.2 Å². The highest BCUT2D eigenvalue weighted by Gasteiger charge is 2.36. The molecule has 0 aromatic heterocycles. The Balaban J connectivity index is 0.000000359. The van der Waals surface area contributed by atoms with Crippen molar-refractivity contribution < 1.29 is 44.2 Å². The number of aliphatic hydroxyl groups is 5. The number of hydrogen-bond acceptors (Lipinski definition) is 11. The first-order chi connectivity index (χ1) is 13.7. The standard InChI is InChI=1S/C11H12NO4PS2.C5H12O5/c1-15-17(18,16-2)19-7-12-10(13)8-5-3-4-6-9(8)11(12)14;6-1-3(8)5(10)4(9)2-7/h3-6H,7H2,1-2H3;3-10H,1-2H2/t;3-,4+,5-. The number of rotatable bonds is 9. The van der Waals surface area contributed by atoms with Gasteiger partial charge in [0.1, 0.15) is 18.3 Å². The molecule has 0 saturated carbocycles. The molecule has 3 atom stereocenters. The smallest absolute Gasteiger partial charge is 0.262 e. The molecule has 2 amide bonds. The van der Waals surface area contributed by atoms with Crippen LogP contribution in [-0.2, 0) is 20.9 Å². The van der Waals surface area contributed by atoms with Crippen LogP contribution < -0.4 is 0 Å². The molecule has 164 valence electrons. The normalized spacial score (nSPS) is 16.7. The molecule has 0 saturated heterocycles. The maximum Gasteiger partial charge on any atom is 0.262 e. The summed E-state index contributed by atoms with van der Waals surface area (Å²) < 4.78 is 10.2. The monoisotopic (exact) mass is 469 g/mol. The lowest BCUT2D eigenvalue weighted by molar-refractivity contribution is -0.0900. The average Bonchev–Trinajstić information content (AvgIpc) is 3.00. The van der Waals surface area contributed by atoms with Gasteiger partial charge in [0, 0.05) is 14.2 Å². The molecule has 0 fully saturated rings. The Bertz CT molecular complexity index is 698. The second kappa shape index (κ2) is 12.1. The molecule has 0 aliphatic carbocycles. The molecule has 0 spiro atoms. The highest BCUT2D eigenvalue weighted by atomic mass is 32.9. The van der Waals surface area contributed by atoms with Gasteiger partial charge < -0.3 is 34.6 Å². The Kier molecular flexibility index (Phi) is 10.9. The van der Waals surface area contributed by atoms with Crippen LogP contribution in [0.1, 0.15) is 20.7 Å². The largest absolute Gasteiger partial charge is 0.394 e. The van der Waals surface area contributed by atoms with Gasteiger partial charge in [0.15, 0.2) is 0 Å². The van der Waals surface area contributed by atoms with E-state index >= 15 is 0 Å². The van der Waals surface area contributed by atoms with E-state index in [-0.39, 0.29) is 17.7 Å². The third-order valence-corrected chi connectivity index (χ3v) is 9.45. The molecule has 1 aromatic carbocycles. The van der Waals surface area contributed by atoms with E-state index < -0.39 is 37.2 Å². The van der Waals surface area contributed by atoms with Gasteiger partial charge in [0.2, 0.25) is 5.69 Å². The summed E-state index contributed by atoms with van der Waals surface area (Å²) in [6.45, 7) is -1.28. The van der Waals surface area contributed by atoms with Gasteiger partial charge in [-0.15, -0.1) is 0 Å². The highest BCUT2D eigenvalue weighted by Crippen LogP contribution is 2.60. The van der Waals surface area contributed by atoms with Crippen LogP contribution in [0.3, 0.4) is 0 Å². The van der Waals surface area contributed by atoms with E-state index in [4.69, 9.17) is 46.4 Å². The number of aliphatic hydroxyl groups excluding tert-OH is 5. The van der Waals surface area contributed by atoms with Crippen LogP contribution in [0.5, 0.6) is 0 Å². The van der Waals surface area contributed by atoms with Gasteiger partial charge in [0.25, 0.3) is 11.8 Å². The van der Waals surface area contributed by atoms with Crippen molar-refractivity contribution in [3.63, 3.8) is 0 Å². The Labute approximate surface area is 177 Å². The fourth-order valence-electron chi connectivity index (χ4n) is 2.14. The molecule has 0 unspecified atom stereocenters. The maximum absolute atomic E-state index is 12.1. The fraction of sp³-hybridized carbons (Fsp3) is 0.500. The van der Waals surface area contributed by atoms with Crippen molar-refractivity contribution in [2.45, 2.75) is 18.3 Å². The predicted molar refractivity (Wildman–Crippen MR) is 110 cm³/mol. The Hall–Kier alpha value is -0.920. The first-order valence-corrected chi connectivity index (χ1v) is 12.5. The number of imide groups is 1. The molecule has 29 heavy (non-hydrogen) atoms. The summed E-state index contributed by atoms with van der Waals surface area (Å²) in [6.07, 6.45) is -4.29. The van der Waals surface area contributed by atoms with Crippen molar-refractivity contribution >= 4 is 40.7 Å². The summed E-state index contributed by atoms with van der Waals surface area (Å²) in [4.78, 5) is 25.3. The van der Waals surface area contributed by atoms with Gasteiger partial charge in [-0.1, -0.05) is 12.1 Å². The van der Waals surface area contributed by atoms with E-state index in [9.17, 15) is 9.59 Å². The zero-order valence-corrected chi connectivity index (χ0v) is 18.3. The third kappa shape index (κ3) is 6.79. The number of carbonyl (C=O) groups excluding carboxylic acids is 2. The molecule has 1 heterocycles. The zero-order chi connectivity index (χ0) is 22.2. The van der Waals surface area contributed by atoms with Gasteiger partial charge >= 0.3 is 0 Å². The molecule has 13 heteroatoms. The quantitative estimate of drug-likeness (QED) is 0.236. The lowest BCUT2D eigenvalue weighted by Crippen LogP contribution is -2.41. The molecule has 0 radical (unpaired) electrons. The summed E-state index contributed by atoms with van der Waals surface area (Å²) in [7, 11) is 2.92. The van der Waals surface area contributed by atoms with Gasteiger partial charge in [-0.25, -0.2) is 0 Å². The van der Waals surface area contributed by atoms with Crippen LogP contribution in [0.15, 0.2) is 24.3 Å². The first kappa shape index (κ1) is 26.1. The summed E-state index contributed by atoms with van der Waals surface area (Å²) in [6, 6.07) is 6.75. The van der Waals surface area contributed by atoms with Gasteiger partial charge in [-0.3, -0.25) is 14.5 Å². The Morgan fingerprint density at radius 3 is 1.76 bits per heavy atom. The molecule has 1 aliphatic heterocycles. The second-order valence-electron chi connectivity index (χ2n) is 5.64. The SMILES string of the molecule is COP(=S)(OC)SCN1C(=O)c2ccccc2C1=O.OC[C@@H](O)[C@@H](O)[C@@H](O)CO. The van der Waals surface area contributed by atoms with Crippen LogP contribution in [0.2, 0.25) is 0 Å². The van der Waals surface area contributed by atoms with Crippen molar-refractivity contribution in [1.82, 2.24) is 4.90 Å². The van der Waals surface area contributed by atoms with Gasteiger partial charge in [0.05, 0.1) is 30.2 Å². The lowest BCUT2D eigenvalue weighted by Gasteiger charge is -2.20. The molecular weight excluding hydrogens is 445 g/mol. The minimum atomic E-state index is -2.48. The van der Waals surface area contributed by atoms with Crippen molar-refractivity contribution in [3.8, 4) is 0 Å². The molecule has 5 N–H and O–H groups in total. The van der Waals surface area contributed by atoms with Crippen LogP contribution in [0.25, 0.3) is 0 Å². The Morgan fingerprint density at radius 2 is 1.41 bits per heavy atom. The number of hydrogen-bond donors (Lipinski definition) is 5. The minimum Gasteiger partial charge on any atom is -0.394 e. The van der Waals surface area contributed by atoms with E-state index in [0.29, 0.717) is 11.1 Å². The summed E-state index contributed by atoms with van der Waals surface area (Å²) >= 11 is 6.35. The number of carbonyl (C=O) groups is 2. The molecule has 2 rings (SSSR count). The van der Waals surface area contributed by atoms with Crippen LogP contribution in [0.4, 0.5) is 0 Å². The number of benzene rings is 1. The summed E-state index contributed by atoms with van der Waals surface area (Å²) in [5.41, 5.74) is -1.62. The molecule has 1 aromatic rings. The molecule has 0 bridgehead atoms. The van der Waals surface area contributed by atoms with E-state index in [0.717, 1.165) is 16.3 Å². The predicted octanol–water partition coefficient (Wildman–Crippen LogP) is -0.456. The number of amides is 2. The van der Waals surface area contributed by atoms with Crippen LogP contribution in [0, 0.1) is 0 Å². The maximum atomic E-state index is 12.1. The van der Waals surface area contributed by atoms with Crippen LogP contribution >= 0.6 is 17.1 Å². The van der Waals surface area contributed by atoms with Crippen molar-refractivity contribution in [2.75, 3.05) is 33.3 Å². The number of nitrogens with zero attached hydrogens (tertiary/aromatic N) is 1. The third-order valence-electron chi connectivity index (χ3n) is 3.83. The molecular formula is C16H24NO9PS2. The minimum absolute atomic E-state index is 0.130. The molecule has 1 aliphatic rings. The van der Waals surface area contributed by atoms with Crippen molar-refractivity contribution in [1.29, 1.82) is 0 Å². The number of fused-ring (bicyclic) bond motifs is 1. The van der Waals surface area contributed by atoms with E-state index in [1.807, 2.05) is 0 Å². The second-order valence-corrected chi connectivity index (χ2v) is 12.1. The zero-order valence-electron chi connectivity index (χ0n) is 15.7. The molecule has 10 nitrogen and oxygen atoms in total. The topological polar surface area (TPSA) is 157 Å². The lowest BCUT2D eigenvalue weighted by atomic mass is 10.1. The van der Waals surface area contributed by atoms with Crippen molar-refractivity contribution in [2.24, 2.45) is 0 Å². The van der Waals surface area contributed by atoms with Gasteiger partial charge in [-0.05, 0) is 35.3 Å². The first-order valence-electron chi connectivity index (χ1n) is 8.22. The van der Waals surface area contributed by atoms with E-state index in [2.05, 4.69) is 0 Å². The van der Waals surface area contributed by atoms with Crippen LogP contribution in [-0.4, -0.2) is 93.9 Å². The van der Waals surface area contributed by atoms with Crippen molar-refractivity contribution in [3.05, 3.63) is 35.4 Å². The van der Waals surface area contributed by atoms with E-state index in [1.54, 1.807) is 24.3 Å². The average molecular weight is 469 g/mol. The highest BCUT2D eigenvalue weighted by molar-refractivity contribution is 8.67. The summed E-state index contributed by atoms with van der Waals surface area (Å²) in [5, 5.41) is 42.6. The fourth-order valence-corrected chi connectivity index (χ4v) is 4.82. The summed E-state index contributed by atoms with van der Waals surface area (Å²) in [5.74, 6) is -0.477.